The molecule has 7 nitrogen and oxygen atoms in total. The van der Waals surface area contributed by atoms with E-state index in [1.165, 1.54) is 35.5 Å². The summed E-state index contributed by atoms with van der Waals surface area (Å²) >= 11 is 0. The Balaban J connectivity index is 4.74. The van der Waals surface area contributed by atoms with Crippen molar-refractivity contribution in [1.29, 1.82) is 0 Å². The Kier molecular flexibility index (Phi) is 8.27. The van der Waals surface area contributed by atoms with Gasteiger partial charge in [0.05, 0.1) is 20.3 Å². The molecule has 0 amide bonds. The van der Waals surface area contributed by atoms with Crippen molar-refractivity contribution in [2.75, 3.05) is 35.5 Å². The van der Waals surface area contributed by atoms with Crippen molar-refractivity contribution >= 4 is 11.9 Å². The largest absolute Gasteiger partial charge is 0.467 e. The second-order valence-corrected chi connectivity index (χ2v) is 3.44. The fourth-order valence-corrected chi connectivity index (χ4v) is 1.49. The van der Waals surface area contributed by atoms with Crippen LogP contribution in [-0.4, -0.2) is 65.8 Å². The van der Waals surface area contributed by atoms with Crippen molar-refractivity contribution < 1.29 is 33.3 Å². The van der Waals surface area contributed by atoms with Crippen LogP contribution in [0.5, 0.6) is 0 Å². The normalized spacial score (nSPS) is 15.6. The highest BCUT2D eigenvalue weighted by Crippen LogP contribution is 2.14. The van der Waals surface area contributed by atoms with Crippen molar-refractivity contribution in [2.45, 2.75) is 24.7 Å². The van der Waals surface area contributed by atoms with Gasteiger partial charge in [-0.2, -0.15) is 0 Å². The van der Waals surface area contributed by atoms with Crippen LogP contribution >= 0.6 is 0 Å². The molecular formula is C11H20O7. The van der Waals surface area contributed by atoms with Gasteiger partial charge >= 0.3 is 11.9 Å². The fraction of sp³-hybridized carbons (Fsp3) is 0.818. The molecule has 0 aromatic heterocycles. The summed E-state index contributed by atoms with van der Waals surface area (Å²) in [6.45, 7) is 0. The van der Waals surface area contributed by atoms with E-state index in [-0.39, 0.29) is 6.42 Å². The molecule has 0 aliphatic heterocycles. The summed E-state index contributed by atoms with van der Waals surface area (Å²) in [5.41, 5.74) is 0. The Labute approximate surface area is 106 Å². The van der Waals surface area contributed by atoms with Crippen LogP contribution in [-0.2, 0) is 33.3 Å². The third kappa shape index (κ3) is 4.59. The molecule has 0 N–H and O–H groups in total. The summed E-state index contributed by atoms with van der Waals surface area (Å²) in [5.74, 6) is -1.12. The van der Waals surface area contributed by atoms with Crippen LogP contribution in [0.2, 0.25) is 0 Å². The smallest absolute Gasteiger partial charge is 0.337 e. The van der Waals surface area contributed by atoms with E-state index in [1.807, 2.05) is 0 Å². The first-order chi connectivity index (χ1) is 8.55. The van der Waals surface area contributed by atoms with Gasteiger partial charge in [0.25, 0.3) is 0 Å². The van der Waals surface area contributed by atoms with E-state index in [0.717, 1.165) is 0 Å². The van der Waals surface area contributed by atoms with E-state index < -0.39 is 30.3 Å². The first kappa shape index (κ1) is 16.8. The molecule has 7 heteroatoms. The van der Waals surface area contributed by atoms with Gasteiger partial charge in [0.2, 0.25) is 0 Å². The van der Waals surface area contributed by atoms with Gasteiger partial charge in [-0.15, -0.1) is 0 Å². The van der Waals surface area contributed by atoms with Crippen LogP contribution < -0.4 is 0 Å². The highest BCUT2D eigenvalue weighted by molar-refractivity contribution is 5.76. The lowest BCUT2D eigenvalue weighted by Gasteiger charge is -2.25. The first-order valence-corrected chi connectivity index (χ1v) is 5.29. The zero-order valence-electron chi connectivity index (χ0n) is 11.3. The zero-order valence-corrected chi connectivity index (χ0v) is 11.3. The van der Waals surface area contributed by atoms with Gasteiger partial charge in [-0.3, -0.25) is 0 Å². The molecular weight excluding hydrogens is 244 g/mol. The Morgan fingerprint density at radius 2 is 1.39 bits per heavy atom. The van der Waals surface area contributed by atoms with Crippen molar-refractivity contribution in [3.63, 3.8) is 0 Å². The second kappa shape index (κ2) is 8.84. The van der Waals surface area contributed by atoms with Crippen LogP contribution in [0.25, 0.3) is 0 Å². The summed E-state index contributed by atoms with van der Waals surface area (Å²) in [4.78, 5) is 22.9. The molecule has 0 aliphatic carbocycles. The quantitative estimate of drug-likeness (QED) is 0.560. The number of rotatable bonds is 8. The van der Waals surface area contributed by atoms with Gasteiger partial charge in [0.15, 0.2) is 12.2 Å². The van der Waals surface area contributed by atoms with E-state index in [9.17, 15) is 9.59 Å². The lowest BCUT2D eigenvalue weighted by Crippen LogP contribution is -2.42. The van der Waals surface area contributed by atoms with Crippen LogP contribution in [0.3, 0.4) is 0 Å². The molecule has 0 fully saturated rings. The Morgan fingerprint density at radius 3 is 1.72 bits per heavy atom. The summed E-state index contributed by atoms with van der Waals surface area (Å²) < 4.78 is 24.3. The maximum atomic E-state index is 11.5. The highest BCUT2D eigenvalue weighted by Gasteiger charge is 2.34. The van der Waals surface area contributed by atoms with Crippen LogP contribution in [0.4, 0.5) is 0 Å². The van der Waals surface area contributed by atoms with Crippen molar-refractivity contribution in [3.8, 4) is 0 Å². The van der Waals surface area contributed by atoms with E-state index in [2.05, 4.69) is 9.47 Å². The minimum Gasteiger partial charge on any atom is -0.467 e. The molecule has 0 unspecified atom stereocenters. The monoisotopic (exact) mass is 264 g/mol. The van der Waals surface area contributed by atoms with Gasteiger partial charge in [-0.05, 0) is 0 Å². The van der Waals surface area contributed by atoms with Crippen LogP contribution in [0, 0.1) is 0 Å². The molecule has 3 atom stereocenters. The summed E-state index contributed by atoms with van der Waals surface area (Å²) in [6, 6.07) is 0. The Bertz CT molecular complexity index is 266. The molecule has 0 saturated carbocycles. The predicted molar refractivity (Wildman–Crippen MR) is 61.0 cm³/mol. The highest BCUT2D eigenvalue weighted by atomic mass is 16.6. The number of ether oxygens (including phenoxy) is 5. The van der Waals surface area contributed by atoms with Crippen molar-refractivity contribution in [1.82, 2.24) is 0 Å². The number of carbonyl (C=O) groups is 2. The zero-order chi connectivity index (χ0) is 14.1. The van der Waals surface area contributed by atoms with E-state index in [0.29, 0.717) is 0 Å². The predicted octanol–water partition coefficient (Wildman–Crippen LogP) is -0.232. The third-order valence-corrected chi connectivity index (χ3v) is 2.52. The minimum atomic E-state index is -0.928. The van der Waals surface area contributed by atoms with Gasteiger partial charge in [-0.1, -0.05) is 0 Å². The molecule has 0 bridgehead atoms. The average molecular weight is 264 g/mol. The fourth-order valence-electron chi connectivity index (χ4n) is 1.49. The van der Waals surface area contributed by atoms with Gasteiger partial charge in [0.1, 0.15) is 0 Å². The Morgan fingerprint density at radius 1 is 0.833 bits per heavy atom. The summed E-state index contributed by atoms with van der Waals surface area (Å²) in [5, 5.41) is 0. The van der Waals surface area contributed by atoms with Gasteiger partial charge in [-0.25, -0.2) is 9.59 Å². The van der Waals surface area contributed by atoms with Gasteiger partial charge < -0.3 is 23.7 Å². The van der Waals surface area contributed by atoms with Crippen molar-refractivity contribution in [2.24, 2.45) is 0 Å². The van der Waals surface area contributed by atoms with Gasteiger partial charge in [0, 0.05) is 27.8 Å². The van der Waals surface area contributed by atoms with Crippen LogP contribution in [0.1, 0.15) is 6.42 Å². The Hall–Kier alpha value is -1.18. The third-order valence-electron chi connectivity index (χ3n) is 2.52. The van der Waals surface area contributed by atoms with Crippen molar-refractivity contribution in [3.05, 3.63) is 0 Å². The molecule has 18 heavy (non-hydrogen) atoms. The topological polar surface area (TPSA) is 80.3 Å². The number of methoxy groups -OCH3 is 5. The summed E-state index contributed by atoms with van der Waals surface area (Å²) in [6.07, 6.45) is -2.32. The lowest BCUT2D eigenvalue weighted by atomic mass is 10.1. The molecule has 0 heterocycles. The molecule has 0 aliphatic rings. The molecule has 0 aromatic carbocycles. The summed E-state index contributed by atoms with van der Waals surface area (Å²) in [7, 11) is 6.63. The molecule has 0 saturated heterocycles. The minimum absolute atomic E-state index is 0.118. The lowest BCUT2D eigenvalue weighted by molar-refractivity contribution is -0.167. The SMILES string of the molecule is COC(=O)[C@@H](OC)[C@@H](C[C@@H](OC)C(=O)OC)OC. The molecule has 0 radical (unpaired) electrons. The number of esters is 2. The van der Waals surface area contributed by atoms with Crippen LogP contribution in [0.15, 0.2) is 0 Å². The maximum Gasteiger partial charge on any atom is 0.337 e. The van der Waals surface area contributed by atoms with E-state index >= 15 is 0 Å². The maximum absolute atomic E-state index is 11.5. The molecule has 106 valence electrons. The second-order valence-electron chi connectivity index (χ2n) is 3.44. The molecule has 0 aromatic rings. The number of carbonyl (C=O) groups excluding carboxylic acids is 2. The number of hydrogen-bond acceptors (Lipinski definition) is 7. The van der Waals surface area contributed by atoms with E-state index in [1.54, 1.807) is 0 Å². The standard InChI is InChI=1S/C11H20O7/c1-14-7(9(16-3)11(13)18-5)6-8(15-2)10(12)17-4/h7-9H,6H2,1-5H3/t7-,8-,9+/m1/s1. The molecule has 0 rings (SSSR count). The molecule has 0 spiro atoms. The average Bonchev–Trinajstić information content (AvgIpc) is 2.41. The first-order valence-electron chi connectivity index (χ1n) is 5.29. The number of hydrogen-bond donors (Lipinski definition) is 0. The van der Waals surface area contributed by atoms with E-state index in [4.69, 9.17) is 14.2 Å².